The summed E-state index contributed by atoms with van der Waals surface area (Å²) < 4.78 is 0. The molecule has 4 aliphatic carbocycles. The summed E-state index contributed by atoms with van der Waals surface area (Å²) in [4.78, 5) is 14.7. The molecule has 0 saturated heterocycles. The molecule has 4 rings (SSSR count). The van der Waals surface area contributed by atoms with Gasteiger partial charge in [-0.05, 0) is 70.3 Å². The summed E-state index contributed by atoms with van der Waals surface area (Å²) in [6.45, 7) is 2.09. The molecule has 4 bridgehead atoms. The first kappa shape index (κ1) is 13.4. The Bertz CT molecular complexity index is 330. The summed E-state index contributed by atoms with van der Waals surface area (Å²) in [7, 11) is 4.00. The molecular formula is C16H28N2O. The van der Waals surface area contributed by atoms with Crippen LogP contribution in [0.3, 0.4) is 0 Å². The number of carbonyl (C=O) groups is 1. The third kappa shape index (κ3) is 2.31. The van der Waals surface area contributed by atoms with Crippen LogP contribution in [0.2, 0.25) is 0 Å². The molecular weight excluding hydrogens is 236 g/mol. The fourth-order valence-electron chi connectivity index (χ4n) is 5.24. The summed E-state index contributed by atoms with van der Waals surface area (Å²) >= 11 is 0. The van der Waals surface area contributed by atoms with E-state index in [1.165, 1.54) is 38.5 Å². The first-order valence-corrected chi connectivity index (χ1v) is 7.96. The molecule has 1 atom stereocenters. The van der Waals surface area contributed by atoms with Gasteiger partial charge in [-0.1, -0.05) is 0 Å². The Morgan fingerprint density at radius 2 is 1.68 bits per heavy atom. The third-order valence-corrected chi connectivity index (χ3v) is 6.07. The lowest BCUT2D eigenvalue weighted by Gasteiger charge is -2.59. The van der Waals surface area contributed by atoms with Crippen molar-refractivity contribution >= 4 is 5.91 Å². The first-order chi connectivity index (χ1) is 9.02. The van der Waals surface area contributed by atoms with Crippen LogP contribution in [-0.2, 0) is 4.79 Å². The van der Waals surface area contributed by atoms with E-state index in [1.54, 1.807) is 0 Å². The smallest absolute Gasteiger partial charge is 0.224 e. The molecule has 1 N–H and O–H groups in total. The fraction of sp³-hybridized carbons (Fsp3) is 0.938. The first-order valence-electron chi connectivity index (χ1n) is 7.96. The lowest BCUT2D eigenvalue weighted by Crippen LogP contribution is -2.60. The molecule has 4 aliphatic rings. The molecule has 0 aromatic rings. The molecule has 3 nitrogen and oxygen atoms in total. The maximum Gasteiger partial charge on any atom is 0.224 e. The Balaban J connectivity index is 1.72. The third-order valence-electron chi connectivity index (χ3n) is 6.07. The fourth-order valence-corrected chi connectivity index (χ4v) is 5.24. The van der Waals surface area contributed by atoms with Crippen molar-refractivity contribution in [2.75, 3.05) is 14.1 Å². The van der Waals surface area contributed by atoms with Gasteiger partial charge in [-0.25, -0.2) is 0 Å². The van der Waals surface area contributed by atoms with Gasteiger partial charge in [0.2, 0.25) is 5.91 Å². The highest BCUT2D eigenvalue weighted by molar-refractivity contribution is 5.77. The van der Waals surface area contributed by atoms with Gasteiger partial charge in [0.1, 0.15) is 0 Å². The Morgan fingerprint density at radius 1 is 1.21 bits per heavy atom. The maximum atomic E-state index is 12.5. The number of amides is 1. The van der Waals surface area contributed by atoms with Crippen LogP contribution in [0.15, 0.2) is 0 Å². The number of hydrogen-bond acceptors (Lipinski definition) is 2. The summed E-state index contributed by atoms with van der Waals surface area (Å²) in [5, 5.41) is 3.18. The zero-order valence-electron chi connectivity index (χ0n) is 12.6. The lowest BCUT2D eigenvalue weighted by molar-refractivity contribution is -0.147. The molecule has 0 aromatic heterocycles. The van der Waals surface area contributed by atoms with E-state index < -0.39 is 0 Å². The second-order valence-corrected chi connectivity index (χ2v) is 7.49. The van der Waals surface area contributed by atoms with Crippen molar-refractivity contribution in [3.8, 4) is 0 Å². The number of nitrogens with one attached hydrogen (secondary N) is 1. The molecule has 0 aromatic carbocycles. The van der Waals surface area contributed by atoms with Crippen LogP contribution in [0.4, 0.5) is 0 Å². The van der Waals surface area contributed by atoms with Crippen LogP contribution >= 0.6 is 0 Å². The van der Waals surface area contributed by atoms with Crippen molar-refractivity contribution in [3.05, 3.63) is 0 Å². The number of hydrogen-bond donors (Lipinski definition) is 1. The van der Waals surface area contributed by atoms with Gasteiger partial charge in [0.15, 0.2) is 0 Å². The molecule has 0 radical (unpaired) electrons. The van der Waals surface area contributed by atoms with Gasteiger partial charge in [0.25, 0.3) is 0 Å². The molecule has 4 saturated carbocycles. The number of nitrogens with zero attached hydrogens (tertiary/aromatic N) is 1. The normalized spacial score (nSPS) is 41.3. The summed E-state index contributed by atoms with van der Waals surface area (Å²) in [5.41, 5.74) is 0.222. The minimum Gasteiger partial charge on any atom is -0.340 e. The van der Waals surface area contributed by atoms with Gasteiger partial charge >= 0.3 is 0 Å². The summed E-state index contributed by atoms with van der Waals surface area (Å²) in [5.74, 6) is 3.05. The Kier molecular flexibility index (Phi) is 3.36. The maximum absolute atomic E-state index is 12.5. The van der Waals surface area contributed by atoms with Crippen LogP contribution in [0, 0.1) is 17.8 Å². The van der Waals surface area contributed by atoms with Gasteiger partial charge in [-0.3, -0.25) is 4.79 Å². The van der Waals surface area contributed by atoms with Crippen molar-refractivity contribution in [2.24, 2.45) is 17.8 Å². The van der Waals surface area contributed by atoms with Crippen molar-refractivity contribution in [1.29, 1.82) is 0 Å². The summed E-state index contributed by atoms with van der Waals surface area (Å²) in [6.07, 6.45) is 8.77. The van der Waals surface area contributed by atoms with Crippen molar-refractivity contribution in [2.45, 2.75) is 63.5 Å². The highest BCUT2D eigenvalue weighted by Crippen LogP contribution is 2.57. The van der Waals surface area contributed by atoms with E-state index >= 15 is 0 Å². The average Bonchev–Trinajstić information content (AvgIpc) is 2.36. The highest BCUT2D eigenvalue weighted by Gasteiger charge is 2.53. The molecule has 3 heteroatoms. The summed E-state index contributed by atoms with van der Waals surface area (Å²) in [6, 6.07) is 0.281. The second-order valence-electron chi connectivity index (χ2n) is 7.49. The van der Waals surface area contributed by atoms with Gasteiger partial charge in [-0.15, -0.1) is 0 Å². The minimum atomic E-state index is 0.222. The molecule has 108 valence electrons. The molecule has 4 fully saturated rings. The van der Waals surface area contributed by atoms with Crippen LogP contribution in [0.1, 0.15) is 51.9 Å². The quantitative estimate of drug-likeness (QED) is 0.845. The number of rotatable bonds is 4. The monoisotopic (exact) mass is 264 g/mol. The van der Waals surface area contributed by atoms with Crippen LogP contribution < -0.4 is 5.32 Å². The molecule has 19 heavy (non-hydrogen) atoms. The van der Waals surface area contributed by atoms with Gasteiger partial charge in [-0.2, -0.15) is 0 Å². The Morgan fingerprint density at radius 3 is 2.11 bits per heavy atom. The van der Waals surface area contributed by atoms with E-state index in [2.05, 4.69) is 24.2 Å². The van der Waals surface area contributed by atoms with Crippen LogP contribution in [0.25, 0.3) is 0 Å². The van der Waals surface area contributed by atoms with E-state index in [0.29, 0.717) is 12.3 Å². The number of carbonyl (C=O) groups excluding carboxylic acids is 1. The standard InChI is InChI=1S/C16H28N2O/c1-11(17-2)4-15(19)18(3)16-8-12-5-13(9-16)7-14(6-12)10-16/h11-14,17H,4-10H2,1-3H3. The Labute approximate surface area is 117 Å². The molecule has 0 spiro atoms. The van der Waals surface area contributed by atoms with Crippen LogP contribution in [-0.4, -0.2) is 36.5 Å². The van der Waals surface area contributed by atoms with Gasteiger partial charge < -0.3 is 10.2 Å². The van der Waals surface area contributed by atoms with Gasteiger partial charge in [0, 0.05) is 25.0 Å². The van der Waals surface area contributed by atoms with E-state index in [9.17, 15) is 4.79 Å². The molecule has 0 heterocycles. The highest BCUT2D eigenvalue weighted by atomic mass is 16.2. The van der Waals surface area contributed by atoms with E-state index in [-0.39, 0.29) is 11.6 Å². The van der Waals surface area contributed by atoms with Crippen LogP contribution in [0.5, 0.6) is 0 Å². The predicted octanol–water partition coefficient (Wildman–Crippen LogP) is 2.41. The van der Waals surface area contributed by atoms with E-state index in [1.807, 2.05) is 7.05 Å². The zero-order valence-corrected chi connectivity index (χ0v) is 12.6. The zero-order chi connectivity index (χ0) is 13.6. The Hall–Kier alpha value is -0.570. The molecule has 1 unspecified atom stereocenters. The SMILES string of the molecule is CNC(C)CC(=O)N(C)C12CC3CC(CC(C3)C1)C2. The molecule has 0 aliphatic heterocycles. The van der Waals surface area contributed by atoms with Crippen molar-refractivity contribution in [1.82, 2.24) is 10.2 Å². The topological polar surface area (TPSA) is 32.3 Å². The molecule has 1 amide bonds. The van der Waals surface area contributed by atoms with Crippen molar-refractivity contribution < 1.29 is 4.79 Å². The van der Waals surface area contributed by atoms with E-state index in [4.69, 9.17) is 0 Å². The van der Waals surface area contributed by atoms with Crippen molar-refractivity contribution in [3.63, 3.8) is 0 Å². The van der Waals surface area contributed by atoms with Gasteiger partial charge in [0.05, 0.1) is 0 Å². The average molecular weight is 264 g/mol. The largest absolute Gasteiger partial charge is 0.340 e. The minimum absolute atomic E-state index is 0.222. The lowest BCUT2D eigenvalue weighted by atomic mass is 9.52. The van der Waals surface area contributed by atoms with E-state index in [0.717, 1.165) is 17.8 Å². The predicted molar refractivity (Wildman–Crippen MR) is 76.8 cm³/mol. The second kappa shape index (κ2) is 4.76.